The fourth-order valence-corrected chi connectivity index (χ4v) is 7.27. The average Bonchev–Trinajstić information content (AvgIpc) is 3.37. The molecule has 0 bridgehead atoms. The zero-order chi connectivity index (χ0) is 19.2. The minimum Gasteiger partial charge on any atom is -0.311 e. The summed E-state index contributed by atoms with van der Waals surface area (Å²) < 4.78 is 3.48. The van der Waals surface area contributed by atoms with Gasteiger partial charge in [0.05, 0.1) is 5.41 Å². The summed E-state index contributed by atoms with van der Waals surface area (Å²) in [7, 11) is 0. The van der Waals surface area contributed by atoms with Crippen molar-refractivity contribution in [1.82, 2.24) is 3.93 Å². The van der Waals surface area contributed by atoms with Gasteiger partial charge in [-0.2, -0.15) is 0 Å². The number of fused-ring (bicyclic) bond motifs is 12. The van der Waals surface area contributed by atoms with Crippen molar-refractivity contribution in [3.63, 3.8) is 0 Å². The summed E-state index contributed by atoms with van der Waals surface area (Å²) in [4.78, 5) is 1.43. The molecule has 0 saturated heterocycles. The number of nitrogens with zero attached hydrogens (tertiary/aromatic N) is 1. The number of rotatable bonds is 0. The lowest BCUT2D eigenvalue weighted by molar-refractivity contribution is 0.696. The van der Waals surface area contributed by atoms with Crippen LogP contribution in [-0.2, 0) is 5.41 Å². The molecule has 0 radical (unpaired) electrons. The van der Waals surface area contributed by atoms with Gasteiger partial charge in [-0.15, -0.1) is 11.3 Å². The van der Waals surface area contributed by atoms with Crippen molar-refractivity contribution in [1.29, 1.82) is 0 Å². The van der Waals surface area contributed by atoms with Crippen LogP contribution in [0.15, 0.2) is 90.6 Å². The van der Waals surface area contributed by atoms with Crippen molar-refractivity contribution in [2.75, 3.05) is 6.54 Å². The Hall–Kier alpha value is -2.62. The number of halogens is 1. The van der Waals surface area contributed by atoms with Gasteiger partial charge in [0, 0.05) is 44.0 Å². The Kier molecular flexibility index (Phi) is 3.07. The quantitative estimate of drug-likeness (QED) is 0.256. The number of thiophene rings is 1. The van der Waals surface area contributed by atoms with Gasteiger partial charge < -0.3 is 3.93 Å². The van der Waals surface area contributed by atoms with Crippen LogP contribution < -0.4 is 0 Å². The zero-order valence-corrected chi connectivity index (χ0v) is 17.9. The molecule has 0 amide bonds. The van der Waals surface area contributed by atoms with E-state index in [1.807, 2.05) is 11.3 Å². The van der Waals surface area contributed by atoms with Crippen LogP contribution in [0.1, 0.15) is 22.3 Å². The number of hydrogen-bond donors (Lipinski definition) is 0. The van der Waals surface area contributed by atoms with Crippen LogP contribution in [0.5, 0.6) is 0 Å². The van der Waals surface area contributed by atoms with Gasteiger partial charge in [-0.3, -0.25) is 0 Å². The Morgan fingerprint density at radius 1 is 0.828 bits per heavy atom. The van der Waals surface area contributed by atoms with Crippen LogP contribution in [0.4, 0.5) is 0 Å². The first-order valence-electron chi connectivity index (χ1n) is 9.87. The highest BCUT2D eigenvalue weighted by atomic mass is 79.9. The third-order valence-corrected chi connectivity index (χ3v) is 8.30. The van der Waals surface area contributed by atoms with Gasteiger partial charge in [-0.05, 0) is 44.8 Å². The third kappa shape index (κ3) is 1.82. The second-order valence-electron chi connectivity index (χ2n) is 7.89. The van der Waals surface area contributed by atoms with E-state index in [1.165, 1.54) is 53.9 Å². The molecular weight excluding hydrogens is 438 g/mol. The van der Waals surface area contributed by atoms with E-state index in [0.717, 1.165) is 6.54 Å². The molecule has 29 heavy (non-hydrogen) atoms. The molecule has 1 spiro atoms. The molecule has 7 rings (SSSR count). The lowest BCUT2D eigenvalue weighted by Gasteiger charge is -2.32. The molecule has 0 fully saturated rings. The summed E-state index contributed by atoms with van der Waals surface area (Å²) in [6.45, 7) is 0.869. The second-order valence-corrected chi connectivity index (χ2v) is 9.85. The van der Waals surface area contributed by atoms with Crippen molar-refractivity contribution in [3.05, 3.63) is 113 Å². The molecule has 3 heteroatoms. The number of hydrogen-bond acceptors (Lipinski definition) is 2. The molecule has 4 aromatic rings. The molecule has 138 valence electrons. The maximum atomic E-state index is 3.68. The van der Waals surface area contributed by atoms with E-state index in [4.69, 9.17) is 0 Å². The summed E-state index contributed by atoms with van der Waals surface area (Å²) in [6.07, 6.45) is 4.68. The summed E-state index contributed by atoms with van der Waals surface area (Å²) in [5.74, 6) is 0. The van der Waals surface area contributed by atoms with E-state index in [0.29, 0.717) is 0 Å². The number of benzene rings is 3. The highest BCUT2D eigenvalue weighted by molar-refractivity contribution is 9.07. The Bertz CT molecular complexity index is 1410. The topological polar surface area (TPSA) is 3.24 Å². The van der Waals surface area contributed by atoms with Crippen LogP contribution >= 0.6 is 27.5 Å². The highest BCUT2D eigenvalue weighted by Crippen LogP contribution is 2.66. The standard InChI is InChI=1S/C26H16BrNS/c27-28-14-13-22-19(15-28)16-7-1-4-10-20(16)26(22)21-11-5-2-8-17(21)25-24(26)18-9-3-6-12-23(18)29-25/h1-13,15H,14H2. The molecule has 2 aliphatic carbocycles. The molecule has 2 heterocycles. The minimum atomic E-state index is -0.220. The van der Waals surface area contributed by atoms with Crippen molar-refractivity contribution < 1.29 is 0 Å². The lowest BCUT2D eigenvalue weighted by Crippen LogP contribution is -2.27. The maximum absolute atomic E-state index is 3.68. The average molecular weight is 454 g/mol. The minimum absolute atomic E-state index is 0.220. The molecule has 3 aromatic carbocycles. The van der Waals surface area contributed by atoms with Gasteiger partial charge in [0.25, 0.3) is 0 Å². The molecule has 0 N–H and O–H groups in total. The molecule has 1 aliphatic heterocycles. The first-order valence-corrected chi connectivity index (χ1v) is 11.4. The molecule has 1 unspecified atom stereocenters. The normalized spacial score (nSPS) is 20.9. The Balaban J connectivity index is 1.73. The van der Waals surface area contributed by atoms with Gasteiger partial charge in [0.2, 0.25) is 0 Å². The summed E-state index contributed by atoms with van der Waals surface area (Å²) in [5, 5.41) is 1.39. The van der Waals surface area contributed by atoms with Crippen LogP contribution in [0, 0.1) is 0 Å². The van der Waals surface area contributed by atoms with Gasteiger partial charge in [-0.25, -0.2) is 0 Å². The molecule has 1 aromatic heterocycles. The molecule has 0 saturated carbocycles. The van der Waals surface area contributed by atoms with E-state index < -0.39 is 0 Å². The predicted molar refractivity (Wildman–Crippen MR) is 125 cm³/mol. The van der Waals surface area contributed by atoms with E-state index >= 15 is 0 Å². The Labute approximate surface area is 181 Å². The summed E-state index contributed by atoms with van der Waals surface area (Å²) in [5.41, 5.74) is 9.60. The summed E-state index contributed by atoms with van der Waals surface area (Å²) in [6, 6.07) is 26.9. The van der Waals surface area contributed by atoms with Crippen LogP contribution in [-0.4, -0.2) is 10.5 Å². The van der Waals surface area contributed by atoms with E-state index in [9.17, 15) is 0 Å². The lowest BCUT2D eigenvalue weighted by atomic mass is 9.69. The van der Waals surface area contributed by atoms with Gasteiger partial charge >= 0.3 is 0 Å². The Morgan fingerprint density at radius 2 is 1.52 bits per heavy atom. The number of allylic oxidation sites excluding steroid dienone is 2. The van der Waals surface area contributed by atoms with Gasteiger partial charge in [0.1, 0.15) is 0 Å². The van der Waals surface area contributed by atoms with E-state index in [1.54, 1.807) is 0 Å². The Morgan fingerprint density at radius 3 is 2.38 bits per heavy atom. The maximum Gasteiger partial charge on any atom is 0.0738 e. The van der Waals surface area contributed by atoms with Crippen molar-refractivity contribution in [2.24, 2.45) is 0 Å². The van der Waals surface area contributed by atoms with Crippen LogP contribution in [0.25, 0.3) is 26.1 Å². The monoisotopic (exact) mass is 453 g/mol. The third-order valence-electron chi connectivity index (χ3n) is 6.60. The fraction of sp³-hybridized carbons (Fsp3) is 0.0769. The molecule has 1 atom stereocenters. The zero-order valence-electron chi connectivity index (χ0n) is 15.5. The molecule has 3 aliphatic rings. The highest BCUT2D eigenvalue weighted by Gasteiger charge is 2.55. The van der Waals surface area contributed by atoms with E-state index in [-0.39, 0.29) is 5.41 Å². The fourth-order valence-electron chi connectivity index (χ4n) is 5.62. The van der Waals surface area contributed by atoms with Crippen LogP contribution in [0.3, 0.4) is 0 Å². The molecule has 1 nitrogen and oxygen atoms in total. The predicted octanol–water partition coefficient (Wildman–Crippen LogP) is 7.12. The van der Waals surface area contributed by atoms with Crippen molar-refractivity contribution in [3.8, 4) is 10.4 Å². The second kappa shape index (κ2) is 5.50. The largest absolute Gasteiger partial charge is 0.311 e. The van der Waals surface area contributed by atoms with E-state index in [2.05, 4.69) is 105 Å². The van der Waals surface area contributed by atoms with Gasteiger partial charge in [-0.1, -0.05) is 72.8 Å². The smallest absolute Gasteiger partial charge is 0.0738 e. The molecular formula is C26H16BrNS. The van der Waals surface area contributed by atoms with Gasteiger partial charge in [0.15, 0.2) is 0 Å². The SMILES string of the molecule is BrN1C=C2C(=CC1)C1(c3ccccc32)c2ccccc2-c2sc3ccccc3c21. The first-order chi connectivity index (χ1) is 14.3. The van der Waals surface area contributed by atoms with Crippen LogP contribution in [0.2, 0.25) is 0 Å². The summed E-state index contributed by atoms with van der Waals surface area (Å²) >= 11 is 5.62. The van der Waals surface area contributed by atoms with Crippen molar-refractivity contribution >= 4 is 43.1 Å². The first kappa shape index (κ1) is 16.2. The van der Waals surface area contributed by atoms with Crippen molar-refractivity contribution in [2.45, 2.75) is 5.41 Å².